The van der Waals surface area contributed by atoms with Crippen molar-refractivity contribution in [2.45, 2.75) is 45.2 Å². The summed E-state index contributed by atoms with van der Waals surface area (Å²) in [6, 6.07) is 6.03. The highest BCUT2D eigenvalue weighted by Crippen LogP contribution is 2.34. The van der Waals surface area contributed by atoms with Crippen molar-refractivity contribution in [2.75, 3.05) is 27.4 Å². The average Bonchev–Trinajstić information content (AvgIpc) is 3.03. The summed E-state index contributed by atoms with van der Waals surface area (Å²) in [4.78, 5) is 7.16. The number of aromatic nitrogens is 1. The van der Waals surface area contributed by atoms with Crippen LogP contribution in [0, 0.1) is 6.92 Å². The van der Waals surface area contributed by atoms with Gasteiger partial charge in [0.25, 0.3) is 0 Å². The molecule has 2 heterocycles. The van der Waals surface area contributed by atoms with E-state index in [-0.39, 0.29) is 6.61 Å². The van der Waals surface area contributed by atoms with Crippen molar-refractivity contribution in [3.8, 4) is 23.0 Å². The molecule has 0 amide bonds. The lowest BCUT2D eigenvalue weighted by atomic mass is 9.99. The molecule has 1 N–H and O–H groups in total. The normalized spacial score (nSPS) is 18.1. The van der Waals surface area contributed by atoms with E-state index in [9.17, 15) is 5.11 Å². The maximum absolute atomic E-state index is 9.33. The minimum atomic E-state index is 0.229. The minimum Gasteiger partial charge on any atom is -0.497 e. The summed E-state index contributed by atoms with van der Waals surface area (Å²) in [5, 5.41) is 9.33. The molecule has 2 aromatic rings. The Kier molecular flexibility index (Phi) is 6.16. The fraction of sp³-hybridized carbons (Fsp3) is 0.550. The lowest BCUT2D eigenvalue weighted by Crippen LogP contribution is -2.39. The van der Waals surface area contributed by atoms with E-state index in [1.54, 1.807) is 14.2 Å². The minimum absolute atomic E-state index is 0.229. The van der Waals surface area contributed by atoms with E-state index in [0.717, 1.165) is 48.7 Å². The Balaban J connectivity index is 1.83. The highest BCUT2D eigenvalue weighted by molar-refractivity contribution is 5.65. The van der Waals surface area contributed by atoms with Crippen molar-refractivity contribution in [2.24, 2.45) is 0 Å². The molecule has 0 saturated carbocycles. The highest BCUT2D eigenvalue weighted by Gasteiger charge is 2.24. The fourth-order valence-electron chi connectivity index (χ4n) is 3.60. The number of aliphatic hydroxyl groups is 1. The molecule has 0 unspecified atom stereocenters. The van der Waals surface area contributed by atoms with Crippen molar-refractivity contribution in [3.05, 3.63) is 29.7 Å². The van der Waals surface area contributed by atoms with Gasteiger partial charge in [0.15, 0.2) is 0 Å². The summed E-state index contributed by atoms with van der Waals surface area (Å²) in [7, 11) is 3.26. The zero-order valence-electron chi connectivity index (χ0n) is 15.8. The second-order valence-corrected chi connectivity index (χ2v) is 6.72. The van der Waals surface area contributed by atoms with E-state index in [2.05, 4.69) is 4.90 Å². The van der Waals surface area contributed by atoms with Crippen LogP contribution in [0.1, 0.15) is 37.1 Å². The van der Waals surface area contributed by atoms with Gasteiger partial charge in [-0.2, -0.15) is 0 Å². The molecule has 1 aromatic carbocycles. The van der Waals surface area contributed by atoms with Crippen LogP contribution in [0.15, 0.2) is 22.6 Å². The molecule has 142 valence electrons. The van der Waals surface area contributed by atoms with E-state index in [1.165, 1.54) is 12.8 Å². The first-order chi connectivity index (χ1) is 12.7. The molecular formula is C20H28N2O4. The predicted molar refractivity (Wildman–Crippen MR) is 99.5 cm³/mol. The lowest BCUT2D eigenvalue weighted by Gasteiger charge is -2.35. The quantitative estimate of drug-likeness (QED) is 0.816. The number of rotatable bonds is 7. The number of piperidine rings is 1. The third-order valence-electron chi connectivity index (χ3n) is 5.10. The summed E-state index contributed by atoms with van der Waals surface area (Å²) in [5.41, 5.74) is 1.76. The molecule has 1 atom stereocenters. The Morgan fingerprint density at radius 3 is 2.85 bits per heavy atom. The van der Waals surface area contributed by atoms with Crippen molar-refractivity contribution < 1.29 is 19.0 Å². The molecular weight excluding hydrogens is 332 g/mol. The molecule has 6 heteroatoms. The van der Waals surface area contributed by atoms with Crippen LogP contribution in [-0.4, -0.2) is 48.4 Å². The lowest BCUT2D eigenvalue weighted by molar-refractivity contribution is 0.111. The van der Waals surface area contributed by atoms with Gasteiger partial charge in [-0.3, -0.25) is 4.90 Å². The van der Waals surface area contributed by atoms with Gasteiger partial charge in [0.2, 0.25) is 5.89 Å². The summed E-state index contributed by atoms with van der Waals surface area (Å²) in [6.07, 6.45) is 4.37. The number of aliphatic hydroxyl groups excluding tert-OH is 1. The molecule has 1 saturated heterocycles. The number of hydrogen-bond acceptors (Lipinski definition) is 6. The summed E-state index contributed by atoms with van der Waals surface area (Å²) >= 11 is 0. The average molecular weight is 360 g/mol. The number of aryl methyl sites for hydroxylation is 1. The van der Waals surface area contributed by atoms with Crippen LogP contribution in [0.5, 0.6) is 11.5 Å². The molecule has 0 radical (unpaired) electrons. The van der Waals surface area contributed by atoms with E-state index < -0.39 is 0 Å². The van der Waals surface area contributed by atoms with Gasteiger partial charge in [-0.15, -0.1) is 0 Å². The van der Waals surface area contributed by atoms with Gasteiger partial charge in [-0.1, -0.05) is 6.42 Å². The van der Waals surface area contributed by atoms with Gasteiger partial charge in [-0.25, -0.2) is 4.98 Å². The SMILES string of the molecule is COc1ccc(-c2nc(CN3CCCC[C@@H]3CCO)c(C)o2)c(OC)c1. The van der Waals surface area contributed by atoms with E-state index in [4.69, 9.17) is 18.9 Å². The van der Waals surface area contributed by atoms with Crippen LogP contribution in [0.2, 0.25) is 0 Å². The first kappa shape index (κ1) is 18.7. The molecule has 0 aliphatic carbocycles. The van der Waals surface area contributed by atoms with Crippen molar-refractivity contribution >= 4 is 0 Å². The monoisotopic (exact) mass is 360 g/mol. The third-order valence-corrected chi connectivity index (χ3v) is 5.10. The molecule has 1 aliphatic rings. The van der Waals surface area contributed by atoms with Crippen molar-refractivity contribution in [1.29, 1.82) is 0 Å². The molecule has 26 heavy (non-hydrogen) atoms. The van der Waals surface area contributed by atoms with Gasteiger partial charge in [0, 0.05) is 25.3 Å². The van der Waals surface area contributed by atoms with Crippen LogP contribution in [-0.2, 0) is 6.54 Å². The van der Waals surface area contributed by atoms with Crippen molar-refractivity contribution in [1.82, 2.24) is 9.88 Å². The topological polar surface area (TPSA) is 68.0 Å². The van der Waals surface area contributed by atoms with Crippen LogP contribution in [0.4, 0.5) is 0 Å². The third kappa shape index (κ3) is 4.02. The van der Waals surface area contributed by atoms with Gasteiger partial charge >= 0.3 is 0 Å². The number of oxazole rings is 1. The Labute approximate surface area is 154 Å². The molecule has 1 aromatic heterocycles. The summed E-state index contributed by atoms with van der Waals surface area (Å²) < 4.78 is 16.7. The number of likely N-dealkylation sites (tertiary alicyclic amines) is 1. The molecule has 0 bridgehead atoms. The standard InChI is InChI=1S/C20H28N2O4/c1-14-18(13-22-10-5-4-6-15(22)9-11-23)21-20(26-14)17-8-7-16(24-2)12-19(17)25-3/h7-8,12,15,23H,4-6,9-11,13H2,1-3H3/t15-/m1/s1. The molecule has 1 aliphatic heterocycles. The van der Waals surface area contributed by atoms with Gasteiger partial charge < -0.3 is 19.0 Å². The van der Waals surface area contributed by atoms with Crippen LogP contribution in [0.3, 0.4) is 0 Å². The number of nitrogens with zero attached hydrogens (tertiary/aromatic N) is 2. The Morgan fingerprint density at radius 1 is 1.27 bits per heavy atom. The zero-order valence-corrected chi connectivity index (χ0v) is 15.8. The largest absolute Gasteiger partial charge is 0.497 e. The smallest absolute Gasteiger partial charge is 0.230 e. The number of benzene rings is 1. The predicted octanol–water partition coefficient (Wildman–Crippen LogP) is 3.40. The van der Waals surface area contributed by atoms with Crippen molar-refractivity contribution in [3.63, 3.8) is 0 Å². The van der Waals surface area contributed by atoms with Gasteiger partial charge in [-0.05, 0) is 44.9 Å². The Bertz CT molecular complexity index is 727. The molecule has 3 rings (SSSR count). The van der Waals surface area contributed by atoms with Gasteiger partial charge in [0.05, 0.1) is 25.5 Å². The number of methoxy groups -OCH3 is 2. The van der Waals surface area contributed by atoms with E-state index in [0.29, 0.717) is 17.7 Å². The second-order valence-electron chi connectivity index (χ2n) is 6.72. The number of ether oxygens (including phenoxy) is 2. The van der Waals surface area contributed by atoms with Crippen LogP contribution < -0.4 is 9.47 Å². The maximum Gasteiger partial charge on any atom is 0.230 e. The molecule has 6 nitrogen and oxygen atoms in total. The first-order valence-corrected chi connectivity index (χ1v) is 9.20. The Hall–Kier alpha value is -2.05. The summed E-state index contributed by atoms with van der Waals surface area (Å²) in [6.45, 7) is 3.97. The van der Waals surface area contributed by atoms with Crippen LogP contribution >= 0.6 is 0 Å². The van der Waals surface area contributed by atoms with E-state index >= 15 is 0 Å². The number of hydrogen-bond donors (Lipinski definition) is 1. The van der Waals surface area contributed by atoms with Crippen LogP contribution in [0.25, 0.3) is 11.5 Å². The molecule has 1 fully saturated rings. The maximum atomic E-state index is 9.33. The highest BCUT2D eigenvalue weighted by atomic mass is 16.5. The van der Waals surface area contributed by atoms with E-state index in [1.807, 2.05) is 25.1 Å². The Morgan fingerprint density at radius 2 is 2.12 bits per heavy atom. The first-order valence-electron chi connectivity index (χ1n) is 9.20. The van der Waals surface area contributed by atoms with Gasteiger partial charge in [0.1, 0.15) is 17.3 Å². The second kappa shape index (κ2) is 8.56. The molecule has 0 spiro atoms. The summed E-state index contributed by atoms with van der Waals surface area (Å²) in [5.74, 6) is 2.79. The zero-order chi connectivity index (χ0) is 18.5. The fourth-order valence-corrected chi connectivity index (χ4v) is 3.60.